The van der Waals surface area contributed by atoms with E-state index in [1.807, 2.05) is 6.07 Å². The Hall–Kier alpha value is -1.22. The summed E-state index contributed by atoms with van der Waals surface area (Å²) < 4.78 is 5.04. The molecule has 0 aliphatic rings. The summed E-state index contributed by atoms with van der Waals surface area (Å²) in [6, 6.07) is 3.62. The monoisotopic (exact) mass is 182 g/mol. The first-order valence-electron chi connectivity index (χ1n) is 3.48. The lowest BCUT2D eigenvalue weighted by atomic mass is 10.2. The number of benzene rings is 1. The number of methoxy groups -OCH3 is 1. The van der Waals surface area contributed by atoms with Crippen molar-refractivity contribution in [3.05, 3.63) is 23.4 Å². The summed E-state index contributed by atoms with van der Waals surface area (Å²) in [7, 11) is 1.61. The van der Waals surface area contributed by atoms with Crippen LogP contribution in [-0.4, -0.2) is 17.3 Å². The molecule has 0 aliphatic carbocycles. The van der Waals surface area contributed by atoms with Gasteiger partial charge in [0.15, 0.2) is 0 Å². The molecule has 2 rings (SSSR count). The van der Waals surface area contributed by atoms with E-state index in [0.29, 0.717) is 5.02 Å². The molecule has 0 bridgehead atoms. The van der Waals surface area contributed by atoms with Crippen molar-refractivity contribution in [1.29, 1.82) is 0 Å². The molecule has 0 spiro atoms. The largest absolute Gasteiger partial charge is 0.497 e. The van der Waals surface area contributed by atoms with Crippen LogP contribution in [0.4, 0.5) is 0 Å². The fraction of sp³-hybridized carbons (Fsp3) is 0.125. The summed E-state index contributed by atoms with van der Waals surface area (Å²) in [5.74, 6) is 0.733. The number of halogens is 1. The molecule has 0 aliphatic heterocycles. The molecule has 1 aromatic carbocycles. The minimum absolute atomic E-state index is 0.651. The van der Waals surface area contributed by atoms with Crippen LogP contribution in [0, 0.1) is 0 Å². The molecule has 1 N–H and O–H groups in total. The highest BCUT2D eigenvalue weighted by molar-refractivity contribution is 6.35. The number of fused-ring (bicyclic) bond motifs is 1. The van der Waals surface area contributed by atoms with Gasteiger partial charge in [-0.1, -0.05) is 11.6 Å². The molecule has 1 heterocycles. The Bertz CT molecular complexity index is 410. The van der Waals surface area contributed by atoms with Gasteiger partial charge in [-0.05, 0) is 6.07 Å². The lowest BCUT2D eigenvalue weighted by Crippen LogP contribution is -1.82. The van der Waals surface area contributed by atoms with Crippen molar-refractivity contribution < 1.29 is 4.74 Å². The molecule has 3 nitrogen and oxygen atoms in total. The van der Waals surface area contributed by atoms with Crippen LogP contribution in [-0.2, 0) is 0 Å². The molecule has 0 atom stereocenters. The number of nitrogens with one attached hydrogen (secondary N) is 1. The number of H-pyrrole nitrogens is 1. The van der Waals surface area contributed by atoms with Gasteiger partial charge in [-0.25, -0.2) is 0 Å². The zero-order valence-electron chi connectivity index (χ0n) is 6.47. The quantitative estimate of drug-likeness (QED) is 0.735. The van der Waals surface area contributed by atoms with E-state index in [2.05, 4.69) is 10.2 Å². The molecule has 4 heteroatoms. The van der Waals surface area contributed by atoms with E-state index in [9.17, 15) is 0 Å². The second-order valence-electron chi connectivity index (χ2n) is 2.44. The Morgan fingerprint density at radius 3 is 3.08 bits per heavy atom. The molecule has 0 saturated carbocycles. The topological polar surface area (TPSA) is 37.9 Å². The fourth-order valence-electron chi connectivity index (χ4n) is 1.10. The first-order valence-corrected chi connectivity index (χ1v) is 3.85. The van der Waals surface area contributed by atoms with E-state index < -0.39 is 0 Å². The lowest BCUT2D eigenvalue weighted by Gasteiger charge is -1.99. The van der Waals surface area contributed by atoms with Crippen molar-refractivity contribution in [2.24, 2.45) is 0 Å². The van der Waals surface area contributed by atoms with Crippen LogP contribution in [0.1, 0.15) is 0 Å². The molecule has 0 radical (unpaired) electrons. The normalized spacial score (nSPS) is 10.5. The Balaban J connectivity index is 2.75. The fourth-order valence-corrected chi connectivity index (χ4v) is 1.36. The van der Waals surface area contributed by atoms with E-state index >= 15 is 0 Å². The third kappa shape index (κ3) is 1.02. The van der Waals surface area contributed by atoms with Gasteiger partial charge in [0.2, 0.25) is 0 Å². The summed E-state index contributed by atoms with van der Waals surface area (Å²) in [6.07, 6.45) is 1.69. The van der Waals surface area contributed by atoms with Crippen molar-refractivity contribution in [2.75, 3.05) is 7.11 Å². The Kier molecular flexibility index (Phi) is 1.66. The van der Waals surface area contributed by atoms with Crippen molar-refractivity contribution in [3.63, 3.8) is 0 Å². The van der Waals surface area contributed by atoms with Crippen LogP contribution in [0.25, 0.3) is 10.9 Å². The number of hydrogen-bond donors (Lipinski definition) is 1. The molecule has 12 heavy (non-hydrogen) atoms. The predicted molar refractivity (Wildman–Crippen MR) is 47.7 cm³/mol. The summed E-state index contributed by atoms with van der Waals surface area (Å²) >= 11 is 5.94. The van der Waals surface area contributed by atoms with Crippen molar-refractivity contribution in [1.82, 2.24) is 10.2 Å². The summed E-state index contributed by atoms with van der Waals surface area (Å²) in [5, 5.41) is 8.26. The zero-order valence-corrected chi connectivity index (χ0v) is 7.22. The van der Waals surface area contributed by atoms with Gasteiger partial charge < -0.3 is 4.74 Å². The van der Waals surface area contributed by atoms with E-state index in [-0.39, 0.29) is 0 Å². The number of nitrogens with zero attached hydrogens (tertiary/aromatic N) is 1. The first kappa shape index (κ1) is 7.43. The second kappa shape index (κ2) is 2.68. The highest BCUT2D eigenvalue weighted by Gasteiger charge is 2.03. The van der Waals surface area contributed by atoms with Gasteiger partial charge in [0.05, 0.1) is 23.8 Å². The molecular formula is C8H7ClN2O. The van der Waals surface area contributed by atoms with Gasteiger partial charge >= 0.3 is 0 Å². The van der Waals surface area contributed by atoms with Gasteiger partial charge in [-0.2, -0.15) is 5.10 Å². The van der Waals surface area contributed by atoms with Crippen LogP contribution in [0.3, 0.4) is 0 Å². The Morgan fingerprint density at radius 1 is 1.50 bits per heavy atom. The minimum atomic E-state index is 0.651. The van der Waals surface area contributed by atoms with Crippen LogP contribution < -0.4 is 4.74 Å². The number of aromatic nitrogens is 2. The number of aromatic amines is 1. The SMILES string of the molecule is COc1cc(Cl)c2cn[nH]c2c1. The third-order valence-electron chi connectivity index (χ3n) is 1.72. The zero-order chi connectivity index (χ0) is 8.55. The summed E-state index contributed by atoms with van der Waals surface area (Å²) in [4.78, 5) is 0. The number of rotatable bonds is 1. The maximum absolute atomic E-state index is 5.94. The molecule has 62 valence electrons. The van der Waals surface area contributed by atoms with Crippen LogP contribution in [0.15, 0.2) is 18.3 Å². The first-order chi connectivity index (χ1) is 5.81. The number of hydrogen-bond acceptors (Lipinski definition) is 2. The van der Waals surface area contributed by atoms with Crippen molar-refractivity contribution in [3.8, 4) is 5.75 Å². The third-order valence-corrected chi connectivity index (χ3v) is 2.03. The molecule has 0 amide bonds. The average Bonchev–Trinajstić information content (AvgIpc) is 2.52. The van der Waals surface area contributed by atoms with Crippen LogP contribution in [0.5, 0.6) is 5.75 Å². The summed E-state index contributed by atoms with van der Waals surface area (Å²) in [5.41, 5.74) is 0.888. The molecule has 2 aromatic rings. The maximum Gasteiger partial charge on any atom is 0.122 e. The minimum Gasteiger partial charge on any atom is -0.497 e. The molecular weight excluding hydrogens is 176 g/mol. The average molecular weight is 183 g/mol. The molecule has 0 fully saturated rings. The molecule has 1 aromatic heterocycles. The van der Waals surface area contributed by atoms with Gasteiger partial charge in [0.25, 0.3) is 0 Å². The standard InChI is InChI=1S/C8H7ClN2O/c1-12-5-2-7(9)6-4-10-11-8(6)3-5/h2-4H,1H3,(H,10,11). The second-order valence-corrected chi connectivity index (χ2v) is 2.85. The van der Waals surface area contributed by atoms with E-state index in [4.69, 9.17) is 16.3 Å². The van der Waals surface area contributed by atoms with Crippen LogP contribution in [0.2, 0.25) is 5.02 Å². The highest BCUT2D eigenvalue weighted by atomic mass is 35.5. The predicted octanol–water partition coefficient (Wildman–Crippen LogP) is 2.22. The lowest BCUT2D eigenvalue weighted by molar-refractivity contribution is 0.415. The molecule has 0 saturated heterocycles. The van der Waals surface area contributed by atoms with E-state index in [0.717, 1.165) is 16.7 Å². The van der Waals surface area contributed by atoms with E-state index in [1.54, 1.807) is 19.4 Å². The Labute approximate surface area is 74.3 Å². The smallest absolute Gasteiger partial charge is 0.122 e. The van der Waals surface area contributed by atoms with E-state index in [1.165, 1.54) is 0 Å². The van der Waals surface area contributed by atoms with Crippen molar-refractivity contribution >= 4 is 22.5 Å². The van der Waals surface area contributed by atoms with Gasteiger partial charge in [-0.3, -0.25) is 5.10 Å². The molecule has 0 unspecified atom stereocenters. The van der Waals surface area contributed by atoms with Crippen LogP contribution >= 0.6 is 11.6 Å². The van der Waals surface area contributed by atoms with Crippen molar-refractivity contribution in [2.45, 2.75) is 0 Å². The van der Waals surface area contributed by atoms with Gasteiger partial charge in [0.1, 0.15) is 5.75 Å². The number of ether oxygens (including phenoxy) is 1. The van der Waals surface area contributed by atoms with Gasteiger partial charge in [0, 0.05) is 11.5 Å². The van der Waals surface area contributed by atoms with Gasteiger partial charge in [-0.15, -0.1) is 0 Å². The maximum atomic E-state index is 5.94. The Morgan fingerprint density at radius 2 is 2.33 bits per heavy atom. The summed E-state index contributed by atoms with van der Waals surface area (Å²) in [6.45, 7) is 0. The highest BCUT2D eigenvalue weighted by Crippen LogP contribution is 2.27.